The number of carbonyl (C=O) groups excluding carboxylic acids is 1. The van der Waals surface area contributed by atoms with E-state index in [9.17, 15) is 32.3 Å². The lowest BCUT2D eigenvalue weighted by Gasteiger charge is -2.26. The minimum atomic E-state index is -4.80. The van der Waals surface area contributed by atoms with Crippen LogP contribution in [0.5, 0.6) is 0 Å². The number of nitrogens with one attached hydrogen (secondary N) is 1. The number of pyridine rings is 1. The number of nitrogens with zero attached hydrogens (tertiary/aromatic N) is 3. The lowest BCUT2D eigenvalue weighted by Crippen LogP contribution is -2.44. The molecular weight excluding hydrogens is 467 g/mol. The Morgan fingerprint density at radius 1 is 1.27 bits per heavy atom. The Morgan fingerprint density at radius 2 is 1.91 bits per heavy atom. The summed E-state index contributed by atoms with van der Waals surface area (Å²) in [6.07, 6.45) is -3.01. The third-order valence-corrected chi connectivity index (χ3v) is 5.01. The molecule has 9 nitrogen and oxygen atoms in total. The summed E-state index contributed by atoms with van der Waals surface area (Å²) in [7, 11) is 0. The number of hydrogen-bond acceptors (Lipinski definition) is 5. The quantitative estimate of drug-likeness (QED) is 0.587. The summed E-state index contributed by atoms with van der Waals surface area (Å²) in [6.45, 7) is 4.69. The van der Waals surface area contributed by atoms with Crippen molar-refractivity contribution in [2.24, 2.45) is 5.92 Å². The Bertz CT molecular complexity index is 1200. The Morgan fingerprint density at radius 3 is 2.45 bits per heavy atom. The van der Waals surface area contributed by atoms with Gasteiger partial charge < -0.3 is 15.2 Å². The largest absolute Gasteiger partial charge is 0.417 e. The highest BCUT2D eigenvalue weighted by Crippen LogP contribution is 2.29. The molecule has 182 valence electrons. The van der Waals surface area contributed by atoms with Crippen molar-refractivity contribution >= 4 is 29.0 Å². The van der Waals surface area contributed by atoms with Gasteiger partial charge in [0, 0.05) is 19.3 Å². The van der Waals surface area contributed by atoms with Gasteiger partial charge in [-0.05, 0) is 18.4 Å². The van der Waals surface area contributed by atoms with Crippen molar-refractivity contribution in [3.05, 3.63) is 54.0 Å². The zero-order valence-corrected chi connectivity index (χ0v) is 19.1. The second-order valence-corrected chi connectivity index (χ2v) is 8.31. The van der Waals surface area contributed by atoms with Gasteiger partial charge in [0.25, 0.3) is 11.1 Å². The van der Waals surface area contributed by atoms with E-state index in [1.54, 1.807) is 13.8 Å². The number of aromatic nitrogens is 3. The third kappa shape index (κ3) is 6.06. The molecule has 0 unspecified atom stereocenters. The molecule has 2 heterocycles. The monoisotopic (exact) mass is 491 g/mol. The smallest absolute Gasteiger partial charge is 0.383 e. The summed E-state index contributed by atoms with van der Waals surface area (Å²) in [5.74, 6) is -1.31. The predicted molar refractivity (Wildman–Crippen MR) is 119 cm³/mol. The molecule has 0 bridgehead atoms. The van der Waals surface area contributed by atoms with Gasteiger partial charge in [0.2, 0.25) is 5.91 Å². The van der Waals surface area contributed by atoms with Gasteiger partial charge in [-0.25, -0.2) is 4.79 Å². The predicted octanol–water partition coefficient (Wildman–Crippen LogP) is 2.44. The number of amides is 1. The SMILES string of the molecule is CCCCn1c(N)c(N(CC(C)C)C(=O)Cn2cc(C(F)(F)F)cc(Cl)c2=O)c(=O)[nH]c1=O. The lowest BCUT2D eigenvalue weighted by molar-refractivity contribution is -0.138. The van der Waals surface area contributed by atoms with Crippen molar-refractivity contribution in [3.8, 4) is 0 Å². The molecule has 0 saturated carbocycles. The average Bonchev–Trinajstić information content (AvgIpc) is 2.69. The van der Waals surface area contributed by atoms with Crippen LogP contribution in [0.1, 0.15) is 39.2 Å². The van der Waals surface area contributed by atoms with Gasteiger partial charge in [-0.15, -0.1) is 0 Å². The highest BCUT2D eigenvalue weighted by Gasteiger charge is 2.33. The van der Waals surface area contributed by atoms with Crippen LogP contribution in [0.25, 0.3) is 0 Å². The van der Waals surface area contributed by atoms with Crippen LogP contribution in [0.3, 0.4) is 0 Å². The van der Waals surface area contributed by atoms with Crippen LogP contribution in [0.4, 0.5) is 24.7 Å². The summed E-state index contributed by atoms with van der Waals surface area (Å²) in [5, 5.41) is -0.710. The molecule has 0 aliphatic heterocycles. The molecule has 2 rings (SSSR count). The molecule has 2 aromatic rings. The van der Waals surface area contributed by atoms with E-state index in [1.165, 1.54) is 0 Å². The number of alkyl halides is 3. The number of carbonyl (C=O) groups is 1. The zero-order chi connectivity index (χ0) is 25.1. The molecule has 1 amide bonds. The Balaban J connectivity index is 2.59. The Kier molecular flexibility index (Phi) is 8.17. The maximum Gasteiger partial charge on any atom is 0.417 e. The van der Waals surface area contributed by atoms with Crippen LogP contribution in [-0.4, -0.2) is 26.6 Å². The summed E-state index contributed by atoms with van der Waals surface area (Å²) < 4.78 is 41.1. The number of H-pyrrole nitrogens is 1. The molecule has 2 aromatic heterocycles. The van der Waals surface area contributed by atoms with Gasteiger partial charge in [0.1, 0.15) is 17.4 Å². The number of anilines is 2. The highest BCUT2D eigenvalue weighted by atomic mass is 35.5. The highest BCUT2D eigenvalue weighted by molar-refractivity contribution is 6.30. The van der Waals surface area contributed by atoms with Gasteiger partial charge in [-0.1, -0.05) is 38.8 Å². The average molecular weight is 492 g/mol. The van der Waals surface area contributed by atoms with E-state index < -0.39 is 46.0 Å². The van der Waals surface area contributed by atoms with Crippen molar-refractivity contribution < 1.29 is 18.0 Å². The standard InChI is InChI=1S/C20H25ClF3N5O4/c1-4-5-6-28-16(25)15(17(31)26-19(28)33)29(8-11(2)3)14(30)10-27-9-12(20(22,23)24)7-13(21)18(27)32/h7,9,11H,4-6,8,10,25H2,1-3H3,(H,26,31,33). The second-order valence-electron chi connectivity index (χ2n) is 7.90. The van der Waals surface area contributed by atoms with E-state index >= 15 is 0 Å². The van der Waals surface area contributed by atoms with Crippen LogP contribution in [0, 0.1) is 5.92 Å². The van der Waals surface area contributed by atoms with Crippen LogP contribution in [0.15, 0.2) is 26.6 Å². The van der Waals surface area contributed by atoms with E-state index in [4.69, 9.17) is 17.3 Å². The molecule has 0 atom stereocenters. The first-order valence-electron chi connectivity index (χ1n) is 10.2. The number of hydrogen-bond donors (Lipinski definition) is 2. The molecule has 0 aliphatic rings. The van der Waals surface area contributed by atoms with Crippen molar-refractivity contribution in [2.75, 3.05) is 17.2 Å². The summed E-state index contributed by atoms with van der Waals surface area (Å²) in [6, 6.07) is 0.475. The lowest BCUT2D eigenvalue weighted by atomic mass is 10.2. The fraction of sp³-hybridized carbons (Fsp3) is 0.500. The number of nitrogens with two attached hydrogens (primary N) is 1. The van der Waals surface area contributed by atoms with E-state index in [2.05, 4.69) is 4.98 Å². The summed E-state index contributed by atoms with van der Waals surface area (Å²) >= 11 is 5.66. The maximum absolute atomic E-state index is 13.1. The summed E-state index contributed by atoms with van der Waals surface area (Å²) in [4.78, 5) is 53.3. The third-order valence-electron chi connectivity index (χ3n) is 4.74. The van der Waals surface area contributed by atoms with Crippen LogP contribution >= 0.6 is 11.6 Å². The molecular formula is C20H25ClF3N5O4. The fourth-order valence-electron chi connectivity index (χ4n) is 3.16. The molecule has 3 N–H and O–H groups in total. The van der Waals surface area contributed by atoms with E-state index in [0.29, 0.717) is 23.3 Å². The summed E-state index contributed by atoms with van der Waals surface area (Å²) in [5.41, 5.74) is 1.89. The van der Waals surface area contributed by atoms with Gasteiger partial charge in [0.05, 0.1) is 5.56 Å². The van der Waals surface area contributed by atoms with E-state index in [0.717, 1.165) is 15.9 Å². The fourth-order valence-corrected chi connectivity index (χ4v) is 3.39. The topological polar surface area (TPSA) is 123 Å². The minimum Gasteiger partial charge on any atom is -0.383 e. The van der Waals surface area contributed by atoms with Gasteiger partial charge in [0.15, 0.2) is 5.69 Å². The first-order chi connectivity index (χ1) is 15.3. The molecule has 0 fully saturated rings. The number of nitrogen functional groups attached to an aromatic ring is 1. The molecule has 13 heteroatoms. The molecule has 33 heavy (non-hydrogen) atoms. The van der Waals surface area contributed by atoms with Crippen LogP contribution < -0.4 is 27.4 Å². The number of aromatic amines is 1. The van der Waals surface area contributed by atoms with Crippen molar-refractivity contribution in [3.63, 3.8) is 0 Å². The van der Waals surface area contributed by atoms with Crippen LogP contribution in [-0.2, 0) is 24.1 Å². The van der Waals surface area contributed by atoms with Gasteiger partial charge >= 0.3 is 11.9 Å². The van der Waals surface area contributed by atoms with Crippen molar-refractivity contribution in [2.45, 2.75) is 52.9 Å². The van der Waals surface area contributed by atoms with Gasteiger partial charge in [-0.3, -0.25) is 23.9 Å². The number of unbranched alkanes of at least 4 members (excludes halogenated alkanes) is 1. The Labute approximate surface area is 191 Å². The number of rotatable bonds is 8. The van der Waals surface area contributed by atoms with Crippen molar-refractivity contribution in [1.82, 2.24) is 14.1 Å². The molecule has 0 aliphatic carbocycles. The molecule has 0 spiro atoms. The maximum atomic E-state index is 13.1. The molecule has 0 saturated heterocycles. The van der Waals surface area contributed by atoms with E-state index in [1.807, 2.05) is 6.92 Å². The van der Waals surface area contributed by atoms with Gasteiger partial charge in [-0.2, -0.15) is 13.2 Å². The van der Waals surface area contributed by atoms with Crippen molar-refractivity contribution in [1.29, 1.82) is 0 Å². The van der Waals surface area contributed by atoms with Crippen LogP contribution in [0.2, 0.25) is 5.02 Å². The normalized spacial score (nSPS) is 11.8. The number of halogens is 4. The first kappa shape index (κ1) is 26.2. The molecule has 0 aromatic carbocycles. The minimum absolute atomic E-state index is 0.0421. The van der Waals surface area contributed by atoms with E-state index in [-0.39, 0.29) is 30.5 Å². The zero-order valence-electron chi connectivity index (χ0n) is 18.3. The Hall–Kier alpha value is -3.02. The molecule has 0 radical (unpaired) electrons. The second kappa shape index (κ2) is 10.3. The first-order valence-corrected chi connectivity index (χ1v) is 10.6.